The molecule has 0 saturated carbocycles. The molecule has 24 heavy (non-hydrogen) atoms. The van der Waals surface area contributed by atoms with E-state index in [0.29, 0.717) is 0 Å². The highest BCUT2D eigenvalue weighted by molar-refractivity contribution is 5.89. The minimum absolute atomic E-state index is 0.0855. The highest BCUT2D eigenvalue weighted by Crippen LogP contribution is 2.38. The molecule has 4 heteroatoms. The van der Waals surface area contributed by atoms with Crippen LogP contribution in [0.4, 0.5) is 0 Å². The van der Waals surface area contributed by atoms with Gasteiger partial charge >= 0.3 is 0 Å². The van der Waals surface area contributed by atoms with E-state index < -0.39 is 0 Å². The molecule has 2 aliphatic heterocycles. The van der Waals surface area contributed by atoms with Crippen LogP contribution in [-0.4, -0.2) is 33.2 Å². The Hall–Kier alpha value is -1.58. The van der Waals surface area contributed by atoms with E-state index in [1.807, 2.05) is 55.1 Å². The van der Waals surface area contributed by atoms with E-state index in [2.05, 4.69) is 20.8 Å². The zero-order valence-corrected chi connectivity index (χ0v) is 16.0. The van der Waals surface area contributed by atoms with Crippen LogP contribution < -0.4 is 0 Å². The van der Waals surface area contributed by atoms with E-state index in [1.165, 1.54) is 0 Å². The van der Waals surface area contributed by atoms with Crippen molar-refractivity contribution < 1.29 is 9.59 Å². The predicted molar refractivity (Wildman–Crippen MR) is 96.9 cm³/mol. The fourth-order valence-corrected chi connectivity index (χ4v) is 3.89. The Morgan fingerprint density at radius 2 is 1.71 bits per heavy atom. The van der Waals surface area contributed by atoms with Gasteiger partial charge in [0.2, 0.25) is 11.8 Å². The van der Waals surface area contributed by atoms with Crippen molar-refractivity contribution >= 4 is 11.8 Å². The van der Waals surface area contributed by atoms with Gasteiger partial charge in [0, 0.05) is 23.4 Å². The third-order valence-corrected chi connectivity index (χ3v) is 5.82. The van der Waals surface area contributed by atoms with Crippen LogP contribution in [0, 0.1) is 11.3 Å². The molecule has 2 atom stereocenters. The first kappa shape index (κ1) is 18.8. The second-order valence-electron chi connectivity index (χ2n) is 7.99. The highest BCUT2D eigenvalue weighted by atomic mass is 16.2. The van der Waals surface area contributed by atoms with Gasteiger partial charge in [-0.05, 0) is 46.5 Å². The fraction of sp³-hybridized carbons (Fsp3) is 0.700. The lowest BCUT2D eigenvalue weighted by molar-refractivity contribution is -0.144. The lowest BCUT2D eigenvalue weighted by Gasteiger charge is -2.37. The molecular formula is C20H32N2O2. The second kappa shape index (κ2) is 6.73. The standard InChI is InChI=1S/C20H32N2O2/c1-7-20(8-2,9-3)18(24)21-14-12-15-16(21)11-10-13-22(17(15)23)19(4,5)6/h10,12-16H,7-9,11H2,1-6H3/t15-,16+/m0/s1. The van der Waals surface area contributed by atoms with Crippen molar-refractivity contribution in [1.82, 2.24) is 9.80 Å². The number of fused-ring (bicyclic) bond motifs is 1. The number of hydrogen-bond acceptors (Lipinski definition) is 2. The van der Waals surface area contributed by atoms with Crippen molar-refractivity contribution in [2.75, 3.05) is 0 Å². The van der Waals surface area contributed by atoms with E-state index >= 15 is 0 Å². The quantitative estimate of drug-likeness (QED) is 0.778. The summed E-state index contributed by atoms with van der Waals surface area (Å²) in [6, 6.07) is -0.0855. The lowest BCUT2D eigenvalue weighted by Crippen LogP contribution is -2.49. The van der Waals surface area contributed by atoms with E-state index in [1.54, 1.807) is 0 Å². The molecule has 134 valence electrons. The summed E-state index contributed by atoms with van der Waals surface area (Å²) in [7, 11) is 0. The molecule has 4 nitrogen and oxygen atoms in total. The molecule has 0 aromatic carbocycles. The Labute approximate surface area is 146 Å². The average Bonchev–Trinajstić information content (AvgIpc) is 2.88. The van der Waals surface area contributed by atoms with Crippen molar-refractivity contribution in [2.24, 2.45) is 11.3 Å². The Kier molecular flexibility index (Phi) is 5.26. The summed E-state index contributed by atoms with van der Waals surface area (Å²) in [5, 5.41) is 0. The monoisotopic (exact) mass is 332 g/mol. The molecule has 0 aromatic heterocycles. The van der Waals surface area contributed by atoms with Crippen LogP contribution in [0.25, 0.3) is 0 Å². The van der Waals surface area contributed by atoms with Crippen LogP contribution >= 0.6 is 0 Å². The topological polar surface area (TPSA) is 40.6 Å². The molecule has 0 aliphatic carbocycles. The van der Waals surface area contributed by atoms with Gasteiger partial charge in [-0.3, -0.25) is 9.59 Å². The summed E-state index contributed by atoms with van der Waals surface area (Å²) in [5.41, 5.74) is -0.574. The number of hydrogen-bond donors (Lipinski definition) is 0. The zero-order valence-electron chi connectivity index (χ0n) is 16.0. The first-order chi connectivity index (χ1) is 11.2. The van der Waals surface area contributed by atoms with E-state index in [4.69, 9.17) is 0 Å². The zero-order chi connectivity index (χ0) is 18.1. The largest absolute Gasteiger partial charge is 0.314 e. The van der Waals surface area contributed by atoms with Crippen LogP contribution in [-0.2, 0) is 9.59 Å². The Morgan fingerprint density at radius 3 is 2.21 bits per heavy atom. The van der Waals surface area contributed by atoms with Crippen LogP contribution in [0.3, 0.4) is 0 Å². The predicted octanol–water partition coefficient (Wildman–Crippen LogP) is 4.09. The molecule has 2 amide bonds. The van der Waals surface area contributed by atoms with E-state index in [0.717, 1.165) is 25.7 Å². The van der Waals surface area contributed by atoms with Crippen molar-refractivity contribution in [3.63, 3.8) is 0 Å². The van der Waals surface area contributed by atoms with Gasteiger partial charge in [-0.15, -0.1) is 0 Å². The first-order valence-electron chi connectivity index (χ1n) is 9.22. The van der Waals surface area contributed by atoms with E-state index in [-0.39, 0.29) is 34.7 Å². The van der Waals surface area contributed by atoms with Gasteiger partial charge in [-0.25, -0.2) is 0 Å². The molecule has 0 N–H and O–H groups in total. The van der Waals surface area contributed by atoms with Crippen LogP contribution in [0.5, 0.6) is 0 Å². The molecule has 0 unspecified atom stereocenters. The average molecular weight is 332 g/mol. The fourth-order valence-electron chi connectivity index (χ4n) is 3.89. The third kappa shape index (κ3) is 3.03. The number of nitrogens with zero attached hydrogens (tertiary/aromatic N) is 2. The summed E-state index contributed by atoms with van der Waals surface area (Å²) in [6.45, 7) is 12.4. The van der Waals surface area contributed by atoms with Crippen molar-refractivity contribution in [2.45, 2.75) is 78.8 Å². The highest BCUT2D eigenvalue weighted by Gasteiger charge is 2.45. The summed E-state index contributed by atoms with van der Waals surface area (Å²) in [4.78, 5) is 29.9. The molecule has 2 heterocycles. The van der Waals surface area contributed by atoms with Crippen molar-refractivity contribution in [3.05, 3.63) is 24.6 Å². The normalized spacial score (nSPS) is 24.3. The minimum atomic E-state index is -0.317. The number of carbonyl (C=O) groups is 2. The maximum atomic E-state index is 13.2. The van der Waals surface area contributed by atoms with Crippen LogP contribution in [0.2, 0.25) is 0 Å². The van der Waals surface area contributed by atoms with Gasteiger partial charge in [0.1, 0.15) is 0 Å². The van der Waals surface area contributed by atoms with Crippen LogP contribution in [0.1, 0.15) is 67.2 Å². The maximum Gasteiger partial charge on any atom is 0.236 e. The Morgan fingerprint density at radius 1 is 1.12 bits per heavy atom. The molecular weight excluding hydrogens is 300 g/mol. The molecule has 0 saturated heterocycles. The molecule has 2 aliphatic rings. The van der Waals surface area contributed by atoms with Gasteiger partial charge in [0.25, 0.3) is 0 Å². The summed E-state index contributed by atoms with van der Waals surface area (Å²) < 4.78 is 0. The van der Waals surface area contributed by atoms with Crippen molar-refractivity contribution in [3.8, 4) is 0 Å². The molecule has 0 radical (unpaired) electrons. The van der Waals surface area contributed by atoms with Gasteiger partial charge in [0.05, 0.1) is 12.0 Å². The van der Waals surface area contributed by atoms with Gasteiger partial charge in [-0.1, -0.05) is 32.9 Å². The maximum absolute atomic E-state index is 13.2. The molecule has 0 spiro atoms. The third-order valence-electron chi connectivity index (χ3n) is 5.82. The smallest absolute Gasteiger partial charge is 0.236 e. The molecule has 2 rings (SSSR count). The van der Waals surface area contributed by atoms with Gasteiger partial charge < -0.3 is 9.80 Å². The SMILES string of the molecule is CCC(CC)(CC)C(=O)N1C=C[C@@H]2C(=O)N(C(C)(C)C)C=CC[C@H]21. The first-order valence-corrected chi connectivity index (χ1v) is 9.22. The van der Waals surface area contributed by atoms with Gasteiger partial charge in [-0.2, -0.15) is 0 Å². The minimum Gasteiger partial charge on any atom is -0.314 e. The van der Waals surface area contributed by atoms with Crippen molar-refractivity contribution in [1.29, 1.82) is 0 Å². The van der Waals surface area contributed by atoms with Gasteiger partial charge in [0.15, 0.2) is 0 Å². The number of carbonyl (C=O) groups excluding carboxylic acids is 2. The summed E-state index contributed by atoms with van der Waals surface area (Å²) >= 11 is 0. The lowest BCUT2D eigenvalue weighted by atomic mass is 9.78. The van der Waals surface area contributed by atoms with Crippen LogP contribution in [0.15, 0.2) is 24.6 Å². The van der Waals surface area contributed by atoms with E-state index in [9.17, 15) is 9.59 Å². The number of rotatable bonds is 4. The Bertz CT molecular complexity index is 544. The summed E-state index contributed by atoms with van der Waals surface area (Å²) in [5.74, 6) is 0.0125. The molecule has 0 aromatic rings. The molecule has 0 bridgehead atoms. The second-order valence-corrected chi connectivity index (χ2v) is 7.99. The molecule has 0 fully saturated rings. The number of amides is 2. The Balaban J connectivity index is 2.29. The summed E-state index contributed by atoms with van der Waals surface area (Å²) in [6.07, 6.45) is 10.9.